The Kier molecular flexibility index (Phi) is 6.56. The van der Waals surface area contributed by atoms with Crippen LogP contribution >= 0.6 is 22.9 Å². The molecule has 1 saturated heterocycles. The number of aryl methyl sites for hydroxylation is 2. The fourth-order valence-electron chi connectivity index (χ4n) is 4.97. The molecule has 202 valence electrons. The van der Waals surface area contributed by atoms with E-state index in [2.05, 4.69) is 9.97 Å². The van der Waals surface area contributed by atoms with E-state index in [4.69, 9.17) is 16.3 Å². The molecule has 0 bridgehead atoms. The lowest BCUT2D eigenvalue weighted by molar-refractivity contribution is -0.132. The van der Waals surface area contributed by atoms with E-state index in [0.29, 0.717) is 44.9 Å². The number of aliphatic hydroxyl groups is 1. The molecule has 1 fully saturated rings. The lowest BCUT2D eigenvalue weighted by Gasteiger charge is -2.23. The van der Waals surface area contributed by atoms with E-state index in [1.54, 1.807) is 42.5 Å². The fourth-order valence-corrected chi connectivity index (χ4v) is 6.24. The van der Waals surface area contributed by atoms with E-state index in [-0.39, 0.29) is 17.0 Å². The first-order chi connectivity index (χ1) is 19.3. The number of halogens is 1. The summed E-state index contributed by atoms with van der Waals surface area (Å²) in [5, 5.41) is 12.5. The number of benzene rings is 2. The molecule has 5 aromatic rings. The number of carbonyl (C=O) groups is 2. The van der Waals surface area contributed by atoms with Gasteiger partial charge in [-0.3, -0.25) is 14.5 Å². The van der Waals surface area contributed by atoms with Gasteiger partial charge >= 0.3 is 5.91 Å². The van der Waals surface area contributed by atoms with Gasteiger partial charge in [-0.2, -0.15) is 0 Å². The standard InChI is InChI=1S/C30H25ClN4O4S/c1-4-14-39-20-10-7-18(8-11-20)25-23(26(36)24-17(3)34-13-5-6-16(2)28(34)33-24)27(37)29(38)35(25)30-32-21-12-9-19(31)15-22(21)40-30/h5-13,15,25,36H,4,14H2,1-3H3/b26-23+. The Labute approximate surface area is 239 Å². The number of hydrogen-bond donors (Lipinski definition) is 1. The van der Waals surface area contributed by atoms with Gasteiger partial charge in [-0.15, -0.1) is 0 Å². The number of ether oxygens (including phenoxy) is 1. The molecule has 1 aliphatic rings. The highest BCUT2D eigenvalue weighted by Crippen LogP contribution is 2.45. The van der Waals surface area contributed by atoms with E-state index in [9.17, 15) is 14.7 Å². The van der Waals surface area contributed by atoms with Crippen LogP contribution in [-0.2, 0) is 9.59 Å². The van der Waals surface area contributed by atoms with E-state index in [1.165, 1.54) is 16.2 Å². The van der Waals surface area contributed by atoms with Gasteiger partial charge in [0.25, 0.3) is 5.78 Å². The quantitative estimate of drug-likeness (QED) is 0.139. The molecule has 4 heterocycles. The lowest BCUT2D eigenvalue weighted by atomic mass is 9.96. The number of carbonyl (C=O) groups excluding carboxylic acids is 2. The van der Waals surface area contributed by atoms with Crippen LogP contribution in [0.25, 0.3) is 21.6 Å². The van der Waals surface area contributed by atoms with Crippen molar-refractivity contribution in [3.8, 4) is 5.75 Å². The smallest absolute Gasteiger partial charge is 0.301 e. The molecular weight excluding hydrogens is 548 g/mol. The summed E-state index contributed by atoms with van der Waals surface area (Å²) < 4.78 is 8.37. The number of imidazole rings is 1. The van der Waals surface area contributed by atoms with Gasteiger partial charge in [0, 0.05) is 11.2 Å². The highest BCUT2D eigenvalue weighted by Gasteiger charge is 2.48. The third-order valence-electron chi connectivity index (χ3n) is 6.97. The van der Waals surface area contributed by atoms with Crippen LogP contribution in [0.2, 0.25) is 5.02 Å². The summed E-state index contributed by atoms with van der Waals surface area (Å²) in [7, 11) is 0. The second-order valence-electron chi connectivity index (χ2n) is 9.63. The summed E-state index contributed by atoms with van der Waals surface area (Å²) in [5.74, 6) is -1.24. The second kappa shape index (κ2) is 10.1. The van der Waals surface area contributed by atoms with Crippen LogP contribution in [0, 0.1) is 13.8 Å². The number of amides is 1. The molecule has 1 N–H and O–H groups in total. The molecule has 1 atom stereocenters. The van der Waals surface area contributed by atoms with Crippen molar-refractivity contribution in [3.63, 3.8) is 0 Å². The maximum atomic E-state index is 13.6. The summed E-state index contributed by atoms with van der Waals surface area (Å²) in [6.07, 6.45) is 2.71. The highest BCUT2D eigenvalue weighted by molar-refractivity contribution is 7.22. The van der Waals surface area contributed by atoms with E-state index >= 15 is 0 Å². The Balaban J connectivity index is 1.55. The van der Waals surface area contributed by atoms with Gasteiger partial charge in [-0.25, -0.2) is 9.97 Å². The Morgan fingerprint density at radius 1 is 1.10 bits per heavy atom. The summed E-state index contributed by atoms with van der Waals surface area (Å²) in [5.41, 5.74) is 3.70. The molecule has 1 unspecified atom stereocenters. The van der Waals surface area contributed by atoms with Gasteiger partial charge in [0.2, 0.25) is 0 Å². The molecule has 3 aromatic heterocycles. The first-order valence-corrected chi connectivity index (χ1v) is 14.0. The number of aromatic nitrogens is 3. The van der Waals surface area contributed by atoms with E-state index < -0.39 is 17.7 Å². The number of rotatable bonds is 6. The van der Waals surface area contributed by atoms with Gasteiger partial charge in [0.1, 0.15) is 17.1 Å². The van der Waals surface area contributed by atoms with Crippen molar-refractivity contribution in [1.82, 2.24) is 14.4 Å². The van der Waals surface area contributed by atoms with Crippen LogP contribution in [0.15, 0.2) is 66.4 Å². The van der Waals surface area contributed by atoms with Crippen LogP contribution in [0.4, 0.5) is 5.13 Å². The van der Waals surface area contributed by atoms with Crippen LogP contribution in [0.5, 0.6) is 5.75 Å². The van der Waals surface area contributed by atoms with Crippen molar-refractivity contribution in [3.05, 3.63) is 93.9 Å². The van der Waals surface area contributed by atoms with Crippen molar-refractivity contribution < 1.29 is 19.4 Å². The topological polar surface area (TPSA) is 97.0 Å². The Bertz CT molecular complexity index is 1840. The SMILES string of the molecule is CCCOc1ccc(C2/C(=C(\O)c3nc4c(C)cccn4c3C)C(=O)C(=O)N2c2nc3ccc(Cl)cc3s2)cc1. The fraction of sp³-hybridized carbons (Fsp3) is 0.200. The predicted molar refractivity (Wildman–Crippen MR) is 156 cm³/mol. The first kappa shape index (κ1) is 26.0. The van der Waals surface area contributed by atoms with Gasteiger partial charge in [0.05, 0.1) is 34.1 Å². The number of hydrogen-bond acceptors (Lipinski definition) is 7. The molecule has 1 amide bonds. The molecule has 8 nitrogen and oxygen atoms in total. The van der Waals surface area contributed by atoms with Crippen molar-refractivity contribution in [2.45, 2.75) is 33.2 Å². The van der Waals surface area contributed by atoms with Crippen LogP contribution < -0.4 is 9.64 Å². The number of Topliss-reactive ketones (excluding diaryl/α,β-unsaturated/α-hetero) is 1. The molecule has 0 spiro atoms. The third-order valence-corrected chi connectivity index (χ3v) is 8.22. The minimum atomic E-state index is -0.929. The van der Waals surface area contributed by atoms with Crippen molar-refractivity contribution >= 4 is 61.4 Å². The van der Waals surface area contributed by atoms with Crippen molar-refractivity contribution in [2.75, 3.05) is 11.5 Å². The molecule has 10 heteroatoms. The number of anilines is 1. The van der Waals surface area contributed by atoms with Crippen LogP contribution in [0.1, 0.15) is 41.9 Å². The van der Waals surface area contributed by atoms with Gasteiger partial charge in [-0.05, 0) is 67.8 Å². The molecular formula is C30H25ClN4O4S. The summed E-state index contributed by atoms with van der Waals surface area (Å²) in [6, 6.07) is 15.3. The van der Waals surface area contributed by atoms with E-state index in [0.717, 1.165) is 16.7 Å². The normalized spacial score (nSPS) is 16.9. The van der Waals surface area contributed by atoms with Gasteiger partial charge < -0.3 is 14.2 Å². The van der Waals surface area contributed by atoms with Crippen molar-refractivity contribution in [1.29, 1.82) is 0 Å². The van der Waals surface area contributed by atoms with Crippen molar-refractivity contribution in [2.24, 2.45) is 0 Å². The maximum Gasteiger partial charge on any atom is 0.301 e. The minimum absolute atomic E-state index is 0.0475. The average molecular weight is 573 g/mol. The molecule has 0 aliphatic carbocycles. The highest BCUT2D eigenvalue weighted by atomic mass is 35.5. The molecule has 2 aromatic carbocycles. The zero-order valence-corrected chi connectivity index (χ0v) is 23.6. The predicted octanol–water partition coefficient (Wildman–Crippen LogP) is 6.63. The zero-order chi connectivity index (χ0) is 28.1. The van der Waals surface area contributed by atoms with Crippen LogP contribution in [-0.4, -0.2) is 37.8 Å². The Morgan fingerprint density at radius 3 is 2.60 bits per heavy atom. The number of thiazole rings is 1. The summed E-state index contributed by atoms with van der Waals surface area (Å²) >= 11 is 7.44. The molecule has 0 saturated carbocycles. The number of ketones is 1. The number of aliphatic hydroxyl groups excluding tert-OH is 1. The molecule has 1 aliphatic heterocycles. The summed E-state index contributed by atoms with van der Waals surface area (Å²) in [4.78, 5) is 37.9. The summed E-state index contributed by atoms with van der Waals surface area (Å²) in [6.45, 7) is 6.33. The van der Waals surface area contributed by atoms with Gasteiger partial charge in [-0.1, -0.05) is 48.1 Å². The average Bonchev–Trinajstić information content (AvgIpc) is 3.60. The Hall–Kier alpha value is -4.21. The number of pyridine rings is 1. The van der Waals surface area contributed by atoms with Gasteiger partial charge in [0.15, 0.2) is 10.9 Å². The third kappa shape index (κ3) is 4.22. The largest absolute Gasteiger partial charge is 0.505 e. The van der Waals surface area contributed by atoms with E-state index in [1.807, 2.05) is 43.5 Å². The minimum Gasteiger partial charge on any atom is -0.505 e. The number of fused-ring (bicyclic) bond motifs is 2. The lowest BCUT2D eigenvalue weighted by Crippen LogP contribution is -2.29. The molecule has 0 radical (unpaired) electrons. The zero-order valence-electron chi connectivity index (χ0n) is 22.0. The Morgan fingerprint density at radius 2 is 1.88 bits per heavy atom. The first-order valence-electron chi connectivity index (χ1n) is 12.8. The second-order valence-corrected chi connectivity index (χ2v) is 11.1. The monoisotopic (exact) mass is 572 g/mol. The molecule has 6 rings (SSSR count). The van der Waals surface area contributed by atoms with Crippen LogP contribution in [0.3, 0.4) is 0 Å². The maximum absolute atomic E-state index is 13.6. The molecule has 40 heavy (non-hydrogen) atoms. The number of nitrogens with zero attached hydrogens (tertiary/aromatic N) is 4.